The number of hydrogen-bond acceptors (Lipinski definition) is 2. The van der Waals surface area contributed by atoms with Crippen LogP contribution in [0.2, 0.25) is 0 Å². The number of aromatic amines is 1. The van der Waals surface area contributed by atoms with Crippen molar-refractivity contribution < 1.29 is 0 Å². The highest BCUT2D eigenvalue weighted by atomic mass is 16.1. The predicted molar refractivity (Wildman–Crippen MR) is 65.5 cm³/mol. The topological polar surface area (TPSA) is 44.9 Å². The standard InChI is InChI=1S/C13H18N2O/c1-3-9(2)14-11-5-4-6-12-10(11)7-8-13(16)15-12/h3,7-9,11,14H,1,4-6H2,2H3,(H,15,16). The van der Waals surface area contributed by atoms with Gasteiger partial charge >= 0.3 is 0 Å². The number of aromatic nitrogens is 1. The Bertz CT molecular complexity index is 436. The van der Waals surface area contributed by atoms with Gasteiger partial charge in [0.15, 0.2) is 0 Å². The van der Waals surface area contributed by atoms with E-state index in [0.717, 1.165) is 25.0 Å². The van der Waals surface area contributed by atoms with Gasteiger partial charge in [-0.05, 0) is 31.7 Å². The molecule has 0 amide bonds. The first-order valence-corrected chi connectivity index (χ1v) is 5.81. The van der Waals surface area contributed by atoms with Gasteiger partial charge in [-0.3, -0.25) is 4.79 Å². The number of pyridine rings is 1. The molecule has 0 aromatic carbocycles. The zero-order chi connectivity index (χ0) is 11.5. The fraction of sp³-hybridized carbons (Fsp3) is 0.462. The zero-order valence-electron chi connectivity index (χ0n) is 9.62. The number of rotatable bonds is 3. The molecule has 1 aromatic rings. The van der Waals surface area contributed by atoms with Crippen LogP contribution >= 0.6 is 0 Å². The van der Waals surface area contributed by atoms with Crippen molar-refractivity contribution in [3.05, 3.63) is 46.4 Å². The zero-order valence-corrected chi connectivity index (χ0v) is 9.62. The molecule has 16 heavy (non-hydrogen) atoms. The van der Waals surface area contributed by atoms with Crippen LogP contribution in [-0.2, 0) is 6.42 Å². The van der Waals surface area contributed by atoms with Gasteiger partial charge in [0.1, 0.15) is 0 Å². The monoisotopic (exact) mass is 218 g/mol. The van der Waals surface area contributed by atoms with Crippen LogP contribution in [0.5, 0.6) is 0 Å². The molecule has 0 saturated heterocycles. The van der Waals surface area contributed by atoms with E-state index in [9.17, 15) is 4.79 Å². The highest BCUT2D eigenvalue weighted by Crippen LogP contribution is 2.27. The van der Waals surface area contributed by atoms with Crippen molar-refractivity contribution in [3.8, 4) is 0 Å². The number of aryl methyl sites for hydroxylation is 1. The summed E-state index contributed by atoms with van der Waals surface area (Å²) in [4.78, 5) is 14.2. The highest BCUT2D eigenvalue weighted by molar-refractivity contribution is 5.26. The van der Waals surface area contributed by atoms with E-state index in [0.29, 0.717) is 12.1 Å². The largest absolute Gasteiger partial charge is 0.326 e. The molecule has 2 rings (SSSR count). The SMILES string of the molecule is C=CC(C)NC1CCCc2[nH]c(=O)ccc21. The van der Waals surface area contributed by atoms with Gasteiger partial charge in [0, 0.05) is 23.8 Å². The first kappa shape index (κ1) is 11.1. The molecule has 0 aliphatic heterocycles. The summed E-state index contributed by atoms with van der Waals surface area (Å²) in [7, 11) is 0. The lowest BCUT2D eigenvalue weighted by molar-refractivity contribution is 0.435. The van der Waals surface area contributed by atoms with E-state index in [2.05, 4.69) is 23.8 Å². The lowest BCUT2D eigenvalue weighted by atomic mass is 9.91. The summed E-state index contributed by atoms with van der Waals surface area (Å²) in [5.41, 5.74) is 2.32. The van der Waals surface area contributed by atoms with Gasteiger partial charge in [-0.25, -0.2) is 0 Å². The van der Waals surface area contributed by atoms with Crippen molar-refractivity contribution in [2.75, 3.05) is 0 Å². The Morgan fingerprint density at radius 3 is 3.19 bits per heavy atom. The van der Waals surface area contributed by atoms with Crippen LogP contribution in [0.1, 0.15) is 37.1 Å². The van der Waals surface area contributed by atoms with E-state index in [1.165, 1.54) is 5.56 Å². The molecule has 0 radical (unpaired) electrons. The molecule has 3 heteroatoms. The molecular weight excluding hydrogens is 200 g/mol. The highest BCUT2D eigenvalue weighted by Gasteiger charge is 2.21. The van der Waals surface area contributed by atoms with Crippen LogP contribution in [-0.4, -0.2) is 11.0 Å². The van der Waals surface area contributed by atoms with Crippen LogP contribution < -0.4 is 10.9 Å². The van der Waals surface area contributed by atoms with Crippen LogP contribution in [0.3, 0.4) is 0 Å². The lowest BCUT2D eigenvalue weighted by Gasteiger charge is -2.27. The Morgan fingerprint density at radius 1 is 1.62 bits per heavy atom. The number of nitrogens with one attached hydrogen (secondary N) is 2. The van der Waals surface area contributed by atoms with Crippen molar-refractivity contribution in [1.82, 2.24) is 10.3 Å². The van der Waals surface area contributed by atoms with Gasteiger partial charge in [0.05, 0.1) is 0 Å². The maximum absolute atomic E-state index is 11.2. The fourth-order valence-electron chi connectivity index (χ4n) is 2.26. The van der Waals surface area contributed by atoms with Crippen molar-refractivity contribution >= 4 is 0 Å². The summed E-state index contributed by atoms with van der Waals surface area (Å²) in [6.07, 6.45) is 5.12. The minimum Gasteiger partial charge on any atom is -0.326 e. The van der Waals surface area contributed by atoms with Crippen LogP contribution in [0, 0.1) is 0 Å². The molecule has 0 fully saturated rings. The third-order valence-electron chi connectivity index (χ3n) is 3.15. The first-order valence-electron chi connectivity index (χ1n) is 5.81. The second kappa shape index (κ2) is 4.66. The van der Waals surface area contributed by atoms with Crippen LogP contribution in [0.15, 0.2) is 29.6 Å². The molecule has 1 aromatic heterocycles. The van der Waals surface area contributed by atoms with Crippen LogP contribution in [0.4, 0.5) is 0 Å². The molecule has 2 atom stereocenters. The summed E-state index contributed by atoms with van der Waals surface area (Å²) < 4.78 is 0. The average molecular weight is 218 g/mol. The maximum atomic E-state index is 11.2. The van der Waals surface area contributed by atoms with E-state index in [1.807, 2.05) is 12.1 Å². The molecule has 1 heterocycles. The molecule has 1 aliphatic carbocycles. The molecule has 2 unspecified atom stereocenters. The first-order chi connectivity index (χ1) is 7.70. The minimum absolute atomic E-state index is 0.00355. The van der Waals surface area contributed by atoms with E-state index in [1.54, 1.807) is 6.07 Å². The van der Waals surface area contributed by atoms with E-state index in [-0.39, 0.29) is 5.56 Å². The Kier molecular flexibility index (Phi) is 3.25. The Labute approximate surface area is 95.6 Å². The van der Waals surface area contributed by atoms with Crippen molar-refractivity contribution in [3.63, 3.8) is 0 Å². The summed E-state index contributed by atoms with van der Waals surface area (Å²) >= 11 is 0. The number of hydrogen-bond donors (Lipinski definition) is 2. The smallest absolute Gasteiger partial charge is 0.248 e. The summed E-state index contributed by atoms with van der Waals surface area (Å²) in [6.45, 7) is 5.87. The summed E-state index contributed by atoms with van der Waals surface area (Å²) in [5.74, 6) is 0. The molecule has 0 spiro atoms. The average Bonchev–Trinajstić information content (AvgIpc) is 2.28. The molecule has 1 aliphatic rings. The van der Waals surface area contributed by atoms with Gasteiger partial charge < -0.3 is 10.3 Å². The fourth-order valence-corrected chi connectivity index (χ4v) is 2.26. The van der Waals surface area contributed by atoms with Gasteiger partial charge in [-0.2, -0.15) is 0 Å². The minimum atomic E-state index is -0.00355. The quantitative estimate of drug-likeness (QED) is 0.761. The van der Waals surface area contributed by atoms with E-state index >= 15 is 0 Å². The Balaban J connectivity index is 2.26. The van der Waals surface area contributed by atoms with Crippen molar-refractivity contribution in [1.29, 1.82) is 0 Å². The van der Waals surface area contributed by atoms with Crippen molar-refractivity contribution in [2.24, 2.45) is 0 Å². The normalized spacial score (nSPS) is 21.2. The second-order valence-corrected chi connectivity index (χ2v) is 4.39. The summed E-state index contributed by atoms with van der Waals surface area (Å²) in [6, 6.07) is 4.19. The van der Waals surface area contributed by atoms with E-state index in [4.69, 9.17) is 0 Å². The van der Waals surface area contributed by atoms with Crippen molar-refractivity contribution in [2.45, 2.75) is 38.3 Å². The maximum Gasteiger partial charge on any atom is 0.248 e. The Morgan fingerprint density at radius 2 is 2.44 bits per heavy atom. The number of fused-ring (bicyclic) bond motifs is 1. The number of H-pyrrole nitrogens is 1. The second-order valence-electron chi connectivity index (χ2n) is 4.39. The molecule has 86 valence electrons. The molecule has 3 nitrogen and oxygen atoms in total. The lowest BCUT2D eigenvalue weighted by Crippen LogP contribution is -2.32. The molecule has 0 bridgehead atoms. The Hall–Kier alpha value is -1.35. The molecule has 0 saturated carbocycles. The molecule has 2 N–H and O–H groups in total. The van der Waals surface area contributed by atoms with Gasteiger partial charge in [-0.15, -0.1) is 6.58 Å². The third-order valence-corrected chi connectivity index (χ3v) is 3.15. The van der Waals surface area contributed by atoms with Crippen LogP contribution in [0.25, 0.3) is 0 Å². The van der Waals surface area contributed by atoms with Gasteiger partial charge in [-0.1, -0.05) is 12.1 Å². The van der Waals surface area contributed by atoms with Gasteiger partial charge in [0.2, 0.25) is 5.56 Å². The van der Waals surface area contributed by atoms with Gasteiger partial charge in [0.25, 0.3) is 0 Å². The predicted octanol–water partition coefficient (Wildman–Crippen LogP) is 1.92. The van der Waals surface area contributed by atoms with E-state index < -0.39 is 0 Å². The summed E-state index contributed by atoms with van der Waals surface area (Å²) in [5, 5.41) is 3.50. The third kappa shape index (κ3) is 2.25. The molecular formula is C13H18N2O.